The van der Waals surface area contributed by atoms with Gasteiger partial charge >= 0.3 is 6.36 Å². The standard InChI is InChI=1S/C13H17F3N2O3S/c1-12(6-8-17-9-7-12)18-22(19,20)11-5-3-2-4-10(11)21-13(14,15)16/h2-5,17-18H,6-9H2,1H3. The smallest absolute Gasteiger partial charge is 0.404 e. The van der Waals surface area contributed by atoms with Crippen molar-refractivity contribution in [1.29, 1.82) is 0 Å². The first-order valence-corrected chi connectivity index (χ1v) is 8.19. The van der Waals surface area contributed by atoms with Crippen molar-refractivity contribution in [2.75, 3.05) is 13.1 Å². The van der Waals surface area contributed by atoms with Crippen LogP contribution in [0.5, 0.6) is 5.75 Å². The molecule has 22 heavy (non-hydrogen) atoms. The minimum absolute atomic E-state index is 0.521. The lowest BCUT2D eigenvalue weighted by Crippen LogP contribution is -2.52. The molecule has 1 aromatic rings. The summed E-state index contributed by atoms with van der Waals surface area (Å²) in [6.07, 6.45) is -3.85. The van der Waals surface area contributed by atoms with Crippen LogP contribution in [0.15, 0.2) is 29.2 Å². The van der Waals surface area contributed by atoms with E-state index in [9.17, 15) is 21.6 Å². The summed E-state index contributed by atoms with van der Waals surface area (Å²) in [7, 11) is -4.12. The molecule has 0 amide bonds. The fourth-order valence-electron chi connectivity index (χ4n) is 2.34. The third-order valence-corrected chi connectivity index (χ3v) is 5.13. The number of alkyl halides is 3. The zero-order valence-corrected chi connectivity index (χ0v) is 12.7. The largest absolute Gasteiger partial charge is 0.573 e. The highest BCUT2D eigenvalue weighted by Gasteiger charge is 2.36. The van der Waals surface area contributed by atoms with E-state index in [0.29, 0.717) is 25.9 Å². The predicted molar refractivity (Wildman–Crippen MR) is 74.0 cm³/mol. The molecule has 0 bridgehead atoms. The van der Waals surface area contributed by atoms with Gasteiger partial charge in [0.15, 0.2) is 0 Å². The van der Waals surface area contributed by atoms with Gasteiger partial charge in [0.05, 0.1) is 0 Å². The van der Waals surface area contributed by atoms with Crippen LogP contribution in [0.4, 0.5) is 13.2 Å². The zero-order valence-electron chi connectivity index (χ0n) is 11.9. The van der Waals surface area contributed by atoms with Crippen molar-refractivity contribution in [1.82, 2.24) is 10.0 Å². The number of benzene rings is 1. The van der Waals surface area contributed by atoms with Gasteiger partial charge in [0.25, 0.3) is 0 Å². The van der Waals surface area contributed by atoms with Gasteiger partial charge in [-0.25, -0.2) is 13.1 Å². The SMILES string of the molecule is CC1(NS(=O)(=O)c2ccccc2OC(F)(F)F)CCNCC1. The summed E-state index contributed by atoms with van der Waals surface area (Å²) in [6.45, 7) is 3.01. The fraction of sp³-hybridized carbons (Fsp3) is 0.538. The Kier molecular flexibility index (Phi) is 4.69. The van der Waals surface area contributed by atoms with Gasteiger partial charge in [0.1, 0.15) is 10.6 Å². The highest BCUT2D eigenvalue weighted by Crippen LogP contribution is 2.30. The highest BCUT2D eigenvalue weighted by molar-refractivity contribution is 7.89. The van der Waals surface area contributed by atoms with Crippen LogP contribution in [0.1, 0.15) is 19.8 Å². The van der Waals surface area contributed by atoms with Crippen molar-refractivity contribution in [2.24, 2.45) is 0 Å². The molecule has 2 N–H and O–H groups in total. The van der Waals surface area contributed by atoms with E-state index in [1.807, 2.05) is 0 Å². The monoisotopic (exact) mass is 338 g/mol. The van der Waals surface area contributed by atoms with Crippen LogP contribution in [0.2, 0.25) is 0 Å². The Bertz CT molecular complexity index is 626. The molecule has 124 valence electrons. The first-order valence-electron chi connectivity index (χ1n) is 6.71. The molecule has 2 rings (SSSR count). The van der Waals surface area contributed by atoms with Gasteiger partial charge in [0, 0.05) is 5.54 Å². The highest BCUT2D eigenvalue weighted by atomic mass is 32.2. The Morgan fingerprint density at radius 2 is 1.82 bits per heavy atom. The van der Waals surface area contributed by atoms with Gasteiger partial charge < -0.3 is 10.1 Å². The second-order valence-corrected chi connectivity index (χ2v) is 7.06. The van der Waals surface area contributed by atoms with E-state index in [2.05, 4.69) is 14.8 Å². The van der Waals surface area contributed by atoms with Crippen molar-refractivity contribution < 1.29 is 26.3 Å². The summed E-state index contributed by atoms with van der Waals surface area (Å²) in [5, 5.41) is 3.10. The third-order valence-electron chi connectivity index (χ3n) is 3.45. The third kappa shape index (κ3) is 4.34. The number of rotatable bonds is 4. The number of piperidine rings is 1. The number of hydrogen-bond acceptors (Lipinski definition) is 4. The second kappa shape index (κ2) is 6.05. The molecule has 0 aromatic heterocycles. The van der Waals surface area contributed by atoms with E-state index < -0.39 is 32.6 Å². The Hall–Kier alpha value is -1.32. The maximum absolute atomic E-state index is 12.4. The van der Waals surface area contributed by atoms with Crippen LogP contribution in [-0.4, -0.2) is 33.4 Å². The summed E-state index contributed by atoms with van der Waals surface area (Å²) in [5.74, 6) is -0.736. The van der Waals surface area contributed by atoms with Crippen molar-refractivity contribution in [3.63, 3.8) is 0 Å². The number of halogens is 3. The summed E-state index contributed by atoms with van der Waals surface area (Å²) in [4.78, 5) is -0.521. The van der Waals surface area contributed by atoms with Crippen LogP contribution in [0.25, 0.3) is 0 Å². The van der Waals surface area contributed by atoms with Crippen molar-refractivity contribution in [2.45, 2.75) is 36.6 Å². The predicted octanol–water partition coefficient (Wildman–Crippen LogP) is 2.01. The lowest BCUT2D eigenvalue weighted by molar-refractivity contribution is -0.275. The van der Waals surface area contributed by atoms with Crippen molar-refractivity contribution in [3.8, 4) is 5.75 Å². The topological polar surface area (TPSA) is 67.4 Å². The maximum Gasteiger partial charge on any atom is 0.573 e. The molecule has 0 saturated carbocycles. The summed E-state index contributed by atoms with van der Waals surface area (Å²) >= 11 is 0. The van der Waals surface area contributed by atoms with Crippen LogP contribution < -0.4 is 14.8 Å². The first-order chi connectivity index (χ1) is 10.1. The summed E-state index contributed by atoms with van der Waals surface area (Å²) in [5.41, 5.74) is -0.699. The Morgan fingerprint density at radius 1 is 1.23 bits per heavy atom. The van der Waals surface area contributed by atoms with Crippen LogP contribution in [-0.2, 0) is 10.0 Å². The van der Waals surface area contributed by atoms with Gasteiger partial charge in [-0.15, -0.1) is 13.2 Å². The molecule has 0 atom stereocenters. The quantitative estimate of drug-likeness (QED) is 0.881. The maximum atomic E-state index is 12.4. The molecule has 0 radical (unpaired) electrons. The number of nitrogens with one attached hydrogen (secondary N) is 2. The molecule has 0 spiro atoms. The van der Waals surface area contributed by atoms with E-state index >= 15 is 0 Å². The van der Waals surface area contributed by atoms with Crippen LogP contribution in [0.3, 0.4) is 0 Å². The van der Waals surface area contributed by atoms with Crippen molar-refractivity contribution >= 4 is 10.0 Å². The van der Waals surface area contributed by atoms with Gasteiger partial charge in [-0.2, -0.15) is 0 Å². The number of ether oxygens (including phenoxy) is 1. The lowest BCUT2D eigenvalue weighted by atomic mass is 9.92. The molecule has 0 aliphatic carbocycles. The van der Waals surface area contributed by atoms with Crippen molar-refractivity contribution in [3.05, 3.63) is 24.3 Å². The molecule has 5 nitrogen and oxygen atoms in total. The summed E-state index contributed by atoms with van der Waals surface area (Å²) < 4.78 is 68.4. The molecule has 1 fully saturated rings. The molecule has 9 heteroatoms. The summed E-state index contributed by atoms with van der Waals surface area (Å²) in [6, 6.07) is 4.70. The molecule has 1 aliphatic rings. The minimum atomic E-state index is -4.95. The normalized spacial score (nSPS) is 18.9. The molecular weight excluding hydrogens is 321 g/mol. The molecular formula is C13H17F3N2O3S. The van der Waals surface area contributed by atoms with Gasteiger partial charge in [-0.1, -0.05) is 12.1 Å². The van der Waals surface area contributed by atoms with Crippen LogP contribution >= 0.6 is 0 Å². The van der Waals surface area contributed by atoms with E-state index in [-0.39, 0.29) is 0 Å². The Morgan fingerprint density at radius 3 is 2.41 bits per heavy atom. The van der Waals surface area contributed by atoms with Gasteiger partial charge in [-0.3, -0.25) is 0 Å². The molecule has 1 aromatic carbocycles. The molecule has 1 aliphatic heterocycles. The van der Waals surface area contributed by atoms with E-state index in [1.165, 1.54) is 12.1 Å². The van der Waals surface area contributed by atoms with E-state index in [0.717, 1.165) is 12.1 Å². The minimum Gasteiger partial charge on any atom is -0.404 e. The average molecular weight is 338 g/mol. The molecule has 0 unspecified atom stereocenters. The number of sulfonamides is 1. The van der Waals surface area contributed by atoms with E-state index in [4.69, 9.17) is 0 Å². The van der Waals surface area contributed by atoms with Crippen LogP contribution in [0, 0.1) is 0 Å². The molecule has 1 heterocycles. The number of para-hydroxylation sites is 1. The first kappa shape index (κ1) is 17.0. The average Bonchev–Trinajstić information content (AvgIpc) is 2.36. The zero-order chi connectivity index (χ0) is 16.4. The Balaban J connectivity index is 2.29. The second-order valence-electron chi connectivity index (χ2n) is 5.41. The Labute approximate surface area is 126 Å². The lowest BCUT2D eigenvalue weighted by Gasteiger charge is -2.34. The van der Waals surface area contributed by atoms with Gasteiger partial charge in [0.2, 0.25) is 10.0 Å². The van der Waals surface area contributed by atoms with Gasteiger partial charge in [-0.05, 0) is 45.0 Å². The van der Waals surface area contributed by atoms with E-state index in [1.54, 1.807) is 6.92 Å². The number of hydrogen-bond donors (Lipinski definition) is 2. The fourth-order valence-corrected chi connectivity index (χ4v) is 3.94. The molecule has 1 saturated heterocycles.